The van der Waals surface area contributed by atoms with Crippen molar-refractivity contribution in [2.75, 3.05) is 32.8 Å². The van der Waals surface area contributed by atoms with E-state index in [9.17, 15) is 9.59 Å². The summed E-state index contributed by atoms with van der Waals surface area (Å²) in [6.07, 6.45) is 5.16. The molecule has 0 radical (unpaired) electrons. The van der Waals surface area contributed by atoms with Crippen LogP contribution >= 0.6 is 0 Å². The number of piperazine rings is 1. The highest BCUT2D eigenvalue weighted by Gasteiger charge is 2.31. The molecule has 0 aliphatic carbocycles. The van der Waals surface area contributed by atoms with E-state index in [-0.39, 0.29) is 18.1 Å². The molecule has 0 atom stereocenters. The van der Waals surface area contributed by atoms with Crippen LogP contribution < -0.4 is 15.1 Å². The molecule has 2 aromatic heterocycles. The predicted molar refractivity (Wildman–Crippen MR) is 132 cm³/mol. The van der Waals surface area contributed by atoms with E-state index < -0.39 is 5.63 Å². The molecule has 35 heavy (non-hydrogen) atoms. The van der Waals surface area contributed by atoms with Crippen LogP contribution in [0.15, 0.2) is 45.9 Å². The number of fused-ring (bicyclic) bond motifs is 3. The molecule has 0 saturated carbocycles. The second-order valence-corrected chi connectivity index (χ2v) is 9.97. The van der Waals surface area contributed by atoms with Crippen molar-refractivity contribution in [2.45, 2.75) is 45.8 Å². The Hall–Kier alpha value is -3.39. The van der Waals surface area contributed by atoms with E-state index in [1.807, 2.05) is 43.9 Å². The maximum Gasteiger partial charge on any atom is 0.336 e. The van der Waals surface area contributed by atoms with Gasteiger partial charge in [-0.3, -0.25) is 14.7 Å². The van der Waals surface area contributed by atoms with E-state index >= 15 is 0 Å². The highest BCUT2D eigenvalue weighted by Crippen LogP contribution is 2.42. The van der Waals surface area contributed by atoms with Crippen LogP contribution in [0.1, 0.15) is 37.0 Å². The van der Waals surface area contributed by atoms with Gasteiger partial charge in [0.15, 0.2) is 6.61 Å². The Kier molecular flexibility index (Phi) is 6.23. The van der Waals surface area contributed by atoms with Crippen molar-refractivity contribution in [3.63, 3.8) is 0 Å². The number of aryl methyl sites for hydroxylation is 2. The second kappa shape index (κ2) is 9.34. The van der Waals surface area contributed by atoms with Gasteiger partial charge in [0.05, 0.1) is 5.39 Å². The first kappa shape index (κ1) is 23.4. The summed E-state index contributed by atoms with van der Waals surface area (Å²) in [4.78, 5) is 33.3. The summed E-state index contributed by atoms with van der Waals surface area (Å²) in [6.45, 7) is 9.62. The van der Waals surface area contributed by atoms with Gasteiger partial charge in [0, 0.05) is 62.8 Å². The van der Waals surface area contributed by atoms with Gasteiger partial charge in [-0.1, -0.05) is 0 Å². The normalized spacial score (nSPS) is 17.6. The first-order valence-corrected chi connectivity index (χ1v) is 12.1. The number of amides is 1. The summed E-state index contributed by atoms with van der Waals surface area (Å²) < 4.78 is 17.9. The lowest BCUT2D eigenvalue weighted by Gasteiger charge is -2.35. The Morgan fingerprint density at radius 1 is 1.14 bits per heavy atom. The SMILES string of the molecule is Cc1cc(=O)oc2c3c(cc(OCC(=O)N4CCN(Cc5ccncc5)CC4)c12)OC(C)(C)CC3. The quantitative estimate of drug-likeness (QED) is 0.521. The van der Waals surface area contributed by atoms with Crippen molar-refractivity contribution in [3.8, 4) is 11.5 Å². The zero-order chi connectivity index (χ0) is 24.6. The number of ether oxygens (including phenoxy) is 2. The molecule has 1 saturated heterocycles. The van der Waals surface area contributed by atoms with Crippen molar-refractivity contribution >= 4 is 16.9 Å². The molecule has 5 rings (SSSR count). The van der Waals surface area contributed by atoms with Crippen LogP contribution in [0, 0.1) is 6.92 Å². The van der Waals surface area contributed by atoms with Gasteiger partial charge in [-0.2, -0.15) is 0 Å². The molecule has 8 heteroatoms. The van der Waals surface area contributed by atoms with Crippen LogP contribution in [0.5, 0.6) is 11.5 Å². The lowest BCUT2D eigenvalue weighted by atomic mass is 9.92. The Morgan fingerprint density at radius 3 is 2.63 bits per heavy atom. The zero-order valence-corrected chi connectivity index (χ0v) is 20.5. The number of rotatable bonds is 5. The van der Waals surface area contributed by atoms with E-state index in [0.717, 1.165) is 49.0 Å². The topological polar surface area (TPSA) is 85.1 Å². The zero-order valence-electron chi connectivity index (χ0n) is 20.5. The lowest BCUT2D eigenvalue weighted by Crippen LogP contribution is -2.49. The van der Waals surface area contributed by atoms with Crippen molar-refractivity contribution in [1.82, 2.24) is 14.8 Å². The van der Waals surface area contributed by atoms with Crippen molar-refractivity contribution in [2.24, 2.45) is 0 Å². The summed E-state index contributed by atoms with van der Waals surface area (Å²) in [5.74, 6) is 1.09. The van der Waals surface area contributed by atoms with Gasteiger partial charge in [-0.25, -0.2) is 4.79 Å². The number of benzene rings is 1. The first-order chi connectivity index (χ1) is 16.8. The molecule has 1 aromatic carbocycles. The molecule has 1 fully saturated rings. The van der Waals surface area contributed by atoms with E-state index in [0.29, 0.717) is 30.2 Å². The number of carbonyl (C=O) groups excluding carboxylic acids is 1. The fourth-order valence-corrected chi connectivity index (χ4v) is 4.87. The number of carbonyl (C=O) groups is 1. The standard InChI is InChI=1S/C27H31N3O5/c1-18-14-24(32)34-26-20-4-7-27(2,3)35-21(20)15-22(25(18)26)33-17-23(31)30-12-10-29(11-13-30)16-19-5-8-28-9-6-19/h5-6,8-9,14-15H,4,7,10-13,16-17H2,1-3H3. The average Bonchev–Trinajstić information content (AvgIpc) is 2.82. The average molecular weight is 478 g/mol. The number of aromatic nitrogens is 1. The van der Waals surface area contributed by atoms with E-state index in [4.69, 9.17) is 13.9 Å². The Balaban J connectivity index is 1.29. The highest BCUT2D eigenvalue weighted by atomic mass is 16.5. The molecule has 2 aliphatic rings. The minimum Gasteiger partial charge on any atom is -0.487 e. The van der Waals surface area contributed by atoms with E-state index in [1.54, 1.807) is 12.4 Å². The minimum atomic E-state index is -0.403. The molecular weight excluding hydrogens is 446 g/mol. The smallest absolute Gasteiger partial charge is 0.336 e. The van der Waals surface area contributed by atoms with Crippen LogP contribution in [0.3, 0.4) is 0 Å². The van der Waals surface area contributed by atoms with Crippen LogP contribution in [0.2, 0.25) is 0 Å². The molecule has 4 heterocycles. The number of pyridine rings is 1. The van der Waals surface area contributed by atoms with Crippen LogP contribution in [0.4, 0.5) is 0 Å². The molecule has 0 bridgehead atoms. The predicted octanol–water partition coefficient (Wildman–Crippen LogP) is 3.32. The van der Waals surface area contributed by atoms with Gasteiger partial charge in [0.2, 0.25) is 0 Å². The van der Waals surface area contributed by atoms with Gasteiger partial charge >= 0.3 is 5.63 Å². The van der Waals surface area contributed by atoms with Crippen LogP contribution in [0.25, 0.3) is 11.0 Å². The lowest BCUT2D eigenvalue weighted by molar-refractivity contribution is -0.135. The van der Waals surface area contributed by atoms with Gasteiger partial charge in [0.25, 0.3) is 5.91 Å². The van der Waals surface area contributed by atoms with Crippen molar-refractivity contribution in [3.05, 3.63) is 63.8 Å². The molecule has 0 unspecified atom stereocenters. The molecule has 0 spiro atoms. The van der Waals surface area contributed by atoms with E-state index in [2.05, 4.69) is 9.88 Å². The Bertz CT molecular complexity index is 1290. The maximum absolute atomic E-state index is 13.0. The monoisotopic (exact) mass is 477 g/mol. The molecular formula is C27H31N3O5. The fraction of sp³-hybridized carbons (Fsp3) is 0.444. The van der Waals surface area contributed by atoms with Gasteiger partial charge in [-0.05, 0) is 56.9 Å². The van der Waals surface area contributed by atoms with Gasteiger partial charge in [0.1, 0.15) is 22.7 Å². The number of hydrogen-bond donors (Lipinski definition) is 0. The molecule has 1 amide bonds. The molecule has 2 aliphatic heterocycles. The third-order valence-electron chi connectivity index (χ3n) is 6.83. The summed E-state index contributed by atoms with van der Waals surface area (Å²) in [7, 11) is 0. The largest absolute Gasteiger partial charge is 0.487 e. The van der Waals surface area contributed by atoms with Crippen molar-refractivity contribution in [1.29, 1.82) is 0 Å². The van der Waals surface area contributed by atoms with Crippen LogP contribution in [-0.4, -0.2) is 59.1 Å². The van der Waals surface area contributed by atoms with E-state index in [1.165, 1.54) is 11.6 Å². The summed E-state index contributed by atoms with van der Waals surface area (Å²) in [5, 5.41) is 0.724. The Morgan fingerprint density at radius 2 is 1.89 bits per heavy atom. The maximum atomic E-state index is 13.0. The minimum absolute atomic E-state index is 0.0595. The highest BCUT2D eigenvalue weighted by molar-refractivity contribution is 5.91. The van der Waals surface area contributed by atoms with Gasteiger partial charge in [-0.15, -0.1) is 0 Å². The van der Waals surface area contributed by atoms with Crippen LogP contribution in [-0.2, 0) is 17.8 Å². The second-order valence-electron chi connectivity index (χ2n) is 9.97. The summed E-state index contributed by atoms with van der Waals surface area (Å²) >= 11 is 0. The third kappa shape index (κ3) is 5.03. The molecule has 0 N–H and O–H groups in total. The third-order valence-corrected chi connectivity index (χ3v) is 6.83. The number of nitrogens with zero attached hydrogens (tertiary/aromatic N) is 3. The Labute approximate surface area is 204 Å². The molecule has 8 nitrogen and oxygen atoms in total. The summed E-state index contributed by atoms with van der Waals surface area (Å²) in [6, 6.07) is 7.33. The molecule has 3 aromatic rings. The number of hydrogen-bond acceptors (Lipinski definition) is 7. The first-order valence-electron chi connectivity index (χ1n) is 12.1. The summed E-state index contributed by atoms with van der Waals surface area (Å²) in [5.41, 5.74) is 2.62. The van der Waals surface area contributed by atoms with Crippen molar-refractivity contribution < 1.29 is 18.7 Å². The molecule has 184 valence electrons. The fourth-order valence-electron chi connectivity index (χ4n) is 4.87. The van der Waals surface area contributed by atoms with Gasteiger partial charge < -0.3 is 18.8 Å².